The normalized spacial score (nSPS) is 11.7. The molecule has 1 atom stereocenters. The molecule has 172 valence electrons. The van der Waals surface area contributed by atoms with Crippen molar-refractivity contribution in [1.82, 2.24) is 9.88 Å². The number of aromatic nitrogens is 1. The maximum atomic E-state index is 13.4. The Morgan fingerprint density at radius 3 is 2.34 bits per heavy atom. The number of esters is 1. The molecule has 1 amide bonds. The fourth-order valence-electron chi connectivity index (χ4n) is 3.43. The van der Waals surface area contributed by atoms with Crippen molar-refractivity contribution in [1.29, 1.82) is 0 Å². The summed E-state index contributed by atoms with van der Waals surface area (Å²) in [5.74, 6) is -1.37. The molecule has 1 N–H and O–H groups in total. The molecule has 0 saturated carbocycles. The Balaban J connectivity index is 2.37. The van der Waals surface area contributed by atoms with E-state index in [1.54, 1.807) is 27.7 Å². The van der Waals surface area contributed by atoms with Crippen LogP contribution in [0.4, 0.5) is 5.69 Å². The molecule has 1 unspecified atom stereocenters. The number of aromatic amines is 1. The number of amides is 1. The number of Topliss-reactive ketones (excluding diaryl/α,β-unsaturated/α-hetero) is 1. The first-order valence-corrected chi connectivity index (χ1v) is 10.1. The lowest BCUT2D eigenvalue weighted by molar-refractivity contribution is -0.384. The van der Waals surface area contributed by atoms with Crippen molar-refractivity contribution in [2.75, 3.05) is 26.9 Å². The lowest BCUT2D eigenvalue weighted by Crippen LogP contribution is -2.45. The van der Waals surface area contributed by atoms with Crippen LogP contribution in [-0.4, -0.2) is 65.4 Å². The summed E-state index contributed by atoms with van der Waals surface area (Å²) in [5, 5.41) is 10.9. The minimum atomic E-state index is -0.879. The highest BCUT2D eigenvalue weighted by Crippen LogP contribution is 2.23. The Morgan fingerprint density at radius 2 is 1.81 bits per heavy atom. The third kappa shape index (κ3) is 5.20. The summed E-state index contributed by atoms with van der Waals surface area (Å²) in [5.41, 5.74) is 1.54. The highest BCUT2D eigenvalue weighted by molar-refractivity contribution is 6.07. The fourth-order valence-corrected chi connectivity index (χ4v) is 3.43. The van der Waals surface area contributed by atoms with E-state index in [2.05, 4.69) is 4.98 Å². The molecular weight excluding hydrogens is 418 g/mol. The van der Waals surface area contributed by atoms with Crippen LogP contribution in [0.1, 0.15) is 56.3 Å². The summed E-state index contributed by atoms with van der Waals surface area (Å²) < 4.78 is 10.1. The number of H-pyrrole nitrogens is 1. The molecule has 0 aliphatic heterocycles. The molecule has 0 saturated heterocycles. The molecule has 32 heavy (non-hydrogen) atoms. The van der Waals surface area contributed by atoms with Gasteiger partial charge in [0.1, 0.15) is 5.69 Å². The highest BCUT2D eigenvalue weighted by atomic mass is 16.6. The molecule has 0 aliphatic rings. The fraction of sp³-hybridized carbons (Fsp3) is 0.409. The number of nitro benzene ring substituents is 1. The highest BCUT2D eigenvalue weighted by Gasteiger charge is 2.31. The van der Waals surface area contributed by atoms with E-state index in [0.717, 1.165) is 0 Å². The van der Waals surface area contributed by atoms with Gasteiger partial charge in [0.25, 0.3) is 11.6 Å². The molecule has 0 radical (unpaired) electrons. The largest absolute Gasteiger partial charge is 0.461 e. The maximum absolute atomic E-state index is 13.4. The van der Waals surface area contributed by atoms with Gasteiger partial charge in [0.05, 0.1) is 24.2 Å². The molecule has 1 aromatic carbocycles. The third-order valence-electron chi connectivity index (χ3n) is 5.13. The number of hydrogen-bond acceptors (Lipinski definition) is 7. The van der Waals surface area contributed by atoms with Gasteiger partial charge in [-0.25, -0.2) is 4.79 Å². The summed E-state index contributed by atoms with van der Waals surface area (Å²) in [7, 11) is 1.48. The average Bonchev–Trinajstić information content (AvgIpc) is 3.07. The zero-order valence-electron chi connectivity index (χ0n) is 18.8. The van der Waals surface area contributed by atoms with E-state index in [1.165, 1.54) is 36.3 Å². The van der Waals surface area contributed by atoms with Gasteiger partial charge in [0.15, 0.2) is 5.78 Å². The van der Waals surface area contributed by atoms with Crippen molar-refractivity contribution in [2.45, 2.75) is 33.7 Å². The number of rotatable bonds is 10. The van der Waals surface area contributed by atoms with Crippen LogP contribution >= 0.6 is 0 Å². The number of non-ortho nitro benzene ring substituents is 1. The molecule has 0 fully saturated rings. The molecule has 1 heterocycles. The molecule has 0 aliphatic carbocycles. The van der Waals surface area contributed by atoms with Crippen LogP contribution in [0.15, 0.2) is 24.3 Å². The lowest BCUT2D eigenvalue weighted by Gasteiger charge is -2.28. The summed E-state index contributed by atoms with van der Waals surface area (Å²) in [6.07, 6.45) is 0. The number of methoxy groups -OCH3 is 1. The Morgan fingerprint density at radius 1 is 1.19 bits per heavy atom. The number of nitro groups is 1. The van der Waals surface area contributed by atoms with E-state index in [0.29, 0.717) is 16.8 Å². The summed E-state index contributed by atoms with van der Waals surface area (Å²) >= 11 is 0. The van der Waals surface area contributed by atoms with Crippen LogP contribution in [0.3, 0.4) is 0 Å². The first-order chi connectivity index (χ1) is 15.1. The van der Waals surface area contributed by atoms with Crippen LogP contribution in [-0.2, 0) is 9.47 Å². The lowest BCUT2D eigenvalue weighted by atomic mass is 9.99. The number of hydrogen-bond donors (Lipinski definition) is 1. The van der Waals surface area contributed by atoms with E-state index in [1.807, 2.05) is 0 Å². The molecule has 10 nitrogen and oxygen atoms in total. The number of benzene rings is 1. The van der Waals surface area contributed by atoms with Crippen LogP contribution in [0.25, 0.3) is 0 Å². The van der Waals surface area contributed by atoms with Crippen LogP contribution < -0.4 is 0 Å². The third-order valence-corrected chi connectivity index (χ3v) is 5.13. The molecule has 1 aromatic heterocycles. The van der Waals surface area contributed by atoms with E-state index < -0.39 is 22.8 Å². The van der Waals surface area contributed by atoms with Gasteiger partial charge in [-0.1, -0.05) is 0 Å². The number of ether oxygens (including phenoxy) is 2. The summed E-state index contributed by atoms with van der Waals surface area (Å²) in [6, 6.07) is 4.29. The second-order valence-electron chi connectivity index (χ2n) is 7.18. The standard InChI is InChI=1S/C22H27N3O7/c1-6-32-22(28)19-13(2)18(14(3)23-19)20(26)15(4)24(11-12-31-5)21(27)16-7-9-17(10-8-16)25(29)30/h7-10,15,23H,6,11-12H2,1-5H3. The number of ketones is 1. The first-order valence-electron chi connectivity index (χ1n) is 10.1. The predicted molar refractivity (Wildman–Crippen MR) is 116 cm³/mol. The Bertz CT molecular complexity index is 1010. The van der Waals surface area contributed by atoms with E-state index in [4.69, 9.17) is 9.47 Å². The SMILES string of the molecule is CCOC(=O)c1[nH]c(C)c(C(=O)C(C)N(CCOC)C(=O)c2ccc([N+](=O)[O-])cc2)c1C. The maximum Gasteiger partial charge on any atom is 0.355 e. The van der Waals surface area contributed by atoms with Gasteiger partial charge in [-0.15, -0.1) is 0 Å². The van der Waals surface area contributed by atoms with Gasteiger partial charge in [0, 0.05) is 42.6 Å². The van der Waals surface area contributed by atoms with Crippen molar-refractivity contribution in [3.8, 4) is 0 Å². The molecule has 10 heteroatoms. The first kappa shape index (κ1) is 24.7. The zero-order valence-corrected chi connectivity index (χ0v) is 18.8. The predicted octanol–water partition coefficient (Wildman–Crippen LogP) is 3.08. The molecule has 0 bridgehead atoms. The van der Waals surface area contributed by atoms with Gasteiger partial charge in [-0.3, -0.25) is 19.7 Å². The van der Waals surface area contributed by atoms with Crippen molar-refractivity contribution in [3.05, 3.63) is 62.5 Å². The number of aryl methyl sites for hydroxylation is 1. The van der Waals surface area contributed by atoms with E-state index in [-0.39, 0.29) is 42.5 Å². The topological polar surface area (TPSA) is 132 Å². The minimum absolute atomic E-state index is 0.131. The molecule has 0 spiro atoms. The van der Waals surface area contributed by atoms with Gasteiger partial charge >= 0.3 is 5.97 Å². The number of nitrogens with zero attached hydrogens (tertiary/aromatic N) is 2. The second kappa shape index (κ2) is 10.7. The van der Waals surface area contributed by atoms with Gasteiger partial charge in [-0.2, -0.15) is 0 Å². The van der Waals surface area contributed by atoms with Gasteiger partial charge < -0.3 is 19.4 Å². The zero-order chi connectivity index (χ0) is 24.0. The van der Waals surface area contributed by atoms with E-state index in [9.17, 15) is 24.5 Å². The van der Waals surface area contributed by atoms with Crippen LogP contribution in [0.2, 0.25) is 0 Å². The van der Waals surface area contributed by atoms with Gasteiger partial charge in [-0.05, 0) is 45.4 Å². The average molecular weight is 445 g/mol. The van der Waals surface area contributed by atoms with Crippen LogP contribution in [0, 0.1) is 24.0 Å². The minimum Gasteiger partial charge on any atom is -0.461 e. The number of carbonyl (C=O) groups is 3. The Kier molecular flexibility index (Phi) is 8.25. The quantitative estimate of drug-likeness (QED) is 0.257. The second-order valence-corrected chi connectivity index (χ2v) is 7.18. The molecule has 2 aromatic rings. The summed E-state index contributed by atoms with van der Waals surface area (Å²) in [4.78, 5) is 53.3. The van der Waals surface area contributed by atoms with Gasteiger partial charge in [0.2, 0.25) is 0 Å². The van der Waals surface area contributed by atoms with E-state index >= 15 is 0 Å². The number of nitrogens with one attached hydrogen (secondary N) is 1. The number of carbonyl (C=O) groups excluding carboxylic acids is 3. The Hall–Kier alpha value is -3.53. The van der Waals surface area contributed by atoms with Crippen molar-refractivity contribution in [2.24, 2.45) is 0 Å². The van der Waals surface area contributed by atoms with Crippen molar-refractivity contribution < 1.29 is 28.8 Å². The smallest absolute Gasteiger partial charge is 0.355 e. The summed E-state index contributed by atoms with van der Waals surface area (Å²) in [6.45, 7) is 7.12. The Labute approximate surface area is 185 Å². The molecule has 2 rings (SSSR count). The molecular formula is C22H27N3O7. The van der Waals surface area contributed by atoms with Crippen molar-refractivity contribution >= 4 is 23.3 Å². The van der Waals surface area contributed by atoms with Crippen LogP contribution in [0.5, 0.6) is 0 Å². The monoisotopic (exact) mass is 445 g/mol. The van der Waals surface area contributed by atoms with Crippen molar-refractivity contribution in [3.63, 3.8) is 0 Å².